The Morgan fingerprint density at radius 3 is 1.53 bits per heavy atom. The first-order chi connectivity index (χ1) is 23.8. The number of carbonyl (C=O) groups is 1. The fraction of sp³-hybridized carbons (Fsp3) is 0.923. The molecular weight excluding hydrogens is 643 g/mol. The van der Waals surface area contributed by atoms with Gasteiger partial charge in [0, 0.05) is 13.0 Å². The summed E-state index contributed by atoms with van der Waals surface area (Å²) in [5.74, 6) is -0.385. The fourth-order valence-corrected chi connectivity index (χ4v) is 6.37. The summed E-state index contributed by atoms with van der Waals surface area (Å²) in [6.07, 6.45) is 34.5. The second-order valence-electron chi connectivity index (χ2n) is 13.7. The number of rotatable bonds is 39. The normalized spacial score (nSPS) is 14.3. The molecule has 0 aromatic carbocycles. The molecule has 0 amide bonds. The lowest BCUT2D eigenvalue weighted by atomic mass is 10.1. The van der Waals surface area contributed by atoms with E-state index in [0.29, 0.717) is 6.61 Å². The Morgan fingerprint density at radius 2 is 1.04 bits per heavy atom. The Hall–Kier alpha value is -0.800. The predicted octanol–water partition coefficient (Wildman–Crippen LogP) is 10.5. The van der Waals surface area contributed by atoms with Gasteiger partial charge in [-0.15, -0.1) is 0 Å². The molecule has 9 nitrogen and oxygen atoms in total. The largest absolute Gasteiger partial charge is 0.472 e. The van der Waals surface area contributed by atoms with Gasteiger partial charge in [0.2, 0.25) is 0 Å². The molecular formula is C39H77O9P. The van der Waals surface area contributed by atoms with Gasteiger partial charge in [0.05, 0.1) is 26.4 Å². The molecule has 0 spiro atoms. The number of phosphoric acid groups is 1. The van der Waals surface area contributed by atoms with Crippen molar-refractivity contribution in [1.29, 1.82) is 0 Å². The van der Waals surface area contributed by atoms with E-state index in [1.165, 1.54) is 128 Å². The summed E-state index contributed by atoms with van der Waals surface area (Å²) in [4.78, 5) is 22.5. The molecule has 3 unspecified atom stereocenters. The number of hydrogen-bond donors (Lipinski definition) is 3. The minimum Gasteiger partial charge on any atom is -0.457 e. The Morgan fingerprint density at radius 1 is 0.612 bits per heavy atom. The lowest BCUT2D eigenvalue weighted by Crippen LogP contribution is -2.29. The van der Waals surface area contributed by atoms with Crippen LogP contribution >= 0.6 is 7.82 Å². The van der Waals surface area contributed by atoms with Gasteiger partial charge in [0.15, 0.2) is 0 Å². The Balaban J connectivity index is 4.15. The van der Waals surface area contributed by atoms with Crippen LogP contribution < -0.4 is 0 Å². The number of carbonyl (C=O) groups excluding carboxylic acids is 1. The van der Waals surface area contributed by atoms with Crippen LogP contribution in [-0.4, -0.2) is 66.3 Å². The molecule has 0 rings (SSSR count). The van der Waals surface area contributed by atoms with Gasteiger partial charge in [-0.05, 0) is 38.5 Å². The molecule has 0 saturated carbocycles. The lowest BCUT2D eigenvalue weighted by molar-refractivity contribution is -0.154. The van der Waals surface area contributed by atoms with Crippen molar-refractivity contribution < 1.29 is 43.0 Å². The van der Waals surface area contributed by atoms with Crippen LogP contribution in [-0.2, 0) is 27.9 Å². The van der Waals surface area contributed by atoms with Crippen LogP contribution in [0.3, 0.4) is 0 Å². The number of esters is 1. The Labute approximate surface area is 300 Å². The zero-order valence-corrected chi connectivity index (χ0v) is 32.6. The molecule has 0 bridgehead atoms. The molecule has 0 aliphatic heterocycles. The van der Waals surface area contributed by atoms with Crippen molar-refractivity contribution >= 4 is 13.8 Å². The highest BCUT2D eigenvalue weighted by atomic mass is 31.2. The van der Waals surface area contributed by atoms with Crippen LogP contribution in [0.2, 0.25) is 0 Å². The highest BCUT2D eigenvalue weighted by Gasteiger charge is 2.26. The average molecular weight is 721 g/mol. The smallest absolute Gasteiger partial charge is 0.457 e. The zero-order valence-electron chi connectivity index (χ0n) is 31.7. The second kappa shape index (κ2) is 37.0. The first-order valence-electron chi connectivity index (χ1n) is 20.2. The summed E-state index contributed by atoms with van der Waals surface area (Å²) in [5, 5.41) is 18.3. The molecule has 0 aromatic heterocycles. The highest BCUT2D eigenvalue weighted by Crippen LogP contribution is 2.43. The van der Waals surface area contributed by atoms with Gasteiger partial charge in [-0.25, -0.2) is 4.57 Å². The SMILES string of the molecule is CCCCCCCCC/C=C\CCCCCCCCCC(=O)OC(COCCCCCCCCCCCC)COP(=O)(O)OCC(O)CO. The van der Waals surface area contributed by atoms with E-state index in [1.54, 1.807) is 0 Å². The van der Waals surface area contributed by atoms with Crippen LogP contribution in [0.25, 0.3) is 0 Å². The molecule has 0 aliphatic rings. The minimum atomic E-state index is -4.51. The molecule has 0 aromatic rings. The van der Waals surface area contributed by atoms with Crippen LogP contribution in [0, 0.1) is 0 Å². The van der Waals surface area contributed by atoms with E-state index in [0.717, 1.165) is 38.5 Å². The maximum Gasteiger partial charge on any atom is 0.472 e. The third kappa shape index (κ3) is 36.8. The van der Waals surface area contributed by atoms with E-state index < -0.39 is 33.2 Å². The van der Waals surface area contributed by atoms with E-state index >= 15 is 0 Å². The lowest BCUT2D eigenvalue weighted by Gasteiger charge is -2.20. The summed E-state index contributed by atoms with van der Waals surface area (Å²) in [5.41, 5.74) is 0. The van der Waals surface area contributed by atoms with Crippen molar-refractivity contribution in [1.82, 2.24) is 0 Å². The van der Waals surface area contributed by atoms with Gasteiger partial charge < -0.3 is 24.6 Å². The van der Waals surface area contributed by atoms with Gasteiger partial charge in [0.1, 0.15) is 12.2 Å². The van der Waals surface area contributed by atoms with Crippen molar-refractivity contribution in [3.05, 3.63) is 12.2 Å². The van der Waals surface area contributed by atoms with E-state index in [2.05, 4.69) is 26.0 Å². The van der Waals surface area contributed by atoms with E-state index in [1.807, 2.05) is 0 Å². The summed E-state index contributed by atoms with van der Waals surface area (Å²) in [6.45, 7) is 3.52. The quantitative estimate of drug-likeness (QED) is 0.0246. The summed E-state index contributed by atoms with van der Waals surface area (Å²) in [7, 11) is -4.51. The van der Waals surface area contributed by atoms with Crippen molar-refractivity contribution in [2.24, 2.45) is 0 Å². The second-order valence-corrected chi connectivity index (χ2v) is 15.1. The minimum absolute atomic E-state index is 0.0523. The molecule has 10 heteroatoms. The molecule has 3 N–H and O–H groups in total. The molecule has 0 fully saturated rings. The fourth-order valence-electron chi connectivity index (χ4n) is 5.59. The van der Waals surface area contributed by atoms with E-state index in [9.17, 15) is 19.4 Å². The zero-order chi connectivity index (χ0) is 36.1. The predicted molar refractivity (Wildman–Crippen MR) is 201 cm³/mol. The number of unbranched alkanes of at least 4 members (excludes halogenated alkanes) is 23. The molecule has 0 radical (unpaired) electrons. The number of aliphatic hydroxyl groups is 2. The molecule has 0 heterocycles. The Bertz CT molecular complexity index is 780. The third-order valence-corrected chi connectivity index (χ3v) is 9.65. The number of ether oxygens (including phenoxy) is 2. The van der Waals surface area contributed by atoms with Crippen molar-refractivity contribution in [3.8, 4) is 0 Å². The van der Waals surface area contributed by atoms with Crippen molar-refractivity contribution in [2.75, 3.05) is 33.0 Å². The molecule has 3 atom stereocenters. The van der Waals surface area contributed by atoms with Gasteiger partial charge in [-0.2, -0.15) is 0 Å². The number of hydrogen-bond acceptors (Lipinski definition) is 8. The average Bonchev–Trinajstić information content (AvgIpc) is 3.09. The summed E-state index contributed by atoms with van der Waals surface area (Å²) < 4.78 is 33.2. The first-order valence-corrected chi connectivity index (χ1v) is 21.7. The van der Waals surface area contributed by atoms with E-state index in [-0.39, 0.29) is 25.6 Å². The topological polar surface area (TPSA) is 132 Å². The van der Waals surface area contributed by atoms with Gasteiger partial charge in [-0.3, -0.25) is 13.8 Å². The number of phosphoric ester groups is 1. The summed E-state index contributed by atoms with van der Waals surface area (Å²) in [6, 6.07) is 0. The molecule has 292 valence electrons. The number of allylic oxidation sites excluding steroid dienone is 2. The van der Waals surface area contributed by atoms with Crippen molar-refractivity contribution in [3.63, 3.8) is 0 Å². The number of aliphatic hydroxyl groups excluding tert-OH is 2. The molecule has 0 aliphatic carbocycles. The summed E-state index contributed by atoms with van der Waals surface area (Å²) >= 11 is 0. The first kappa shape index (κ1) is 48.2. The Kier molecular flexibility index (Phi) is 36.4. The third-order valence-electron chi connectivity index (χ3n) is 8.70. The van der Waals surface area contributed by atoms with Crippen LogP contribution in [0.5, 0.6) is 0 Å². The highest BCUT2D eigenvalue weighted by molar-refractivity contribution is 7.47. The van der Waals surface area contributed by atoms with Gasteiger partial charge in [-0.1, -0.05) is 154 Å². The van der Waals surface area contributed by atoms with E-state index in [4.69, 9.17) is 23.6 Å². The van der Waals surface area contributed by atoms with Gasteiger partial charge >= 0.3 is 13.8 Å². The van der Waals surface area contributed by atoms with Gasteiger partial charge in [0.25, 0.3) is 0 Å². The maximum absolute atomic E-state index is 12.6. The molecule has 49 heavy (non-hydrogen) atoms. The molecule has 0 saturated heterocycles. The van der Waals surface area contributed by atoms with Crippen LogP contribution in [0.1, 0.15) is 187 Å². The van der Waals surface area contributed by atoms with Crippen molar-refractivity contribution in [2.45, 2.75) is 199 Å². The maximum atomic E-state index is 12.6. The monoisotopic (exact) mass is 721 g/mol. The van der Waals surface area contributed by atoms with Crippen LogP contribution in [0.15, 0.2) is 12.2 Å². The standard InChI is InChI=1S/C39H77O9P/c1-3-5-7-9-11-13-15-16-17-18-19-20-21-22-23-25-27-29-31-39(42)48-38(36-47-49(43,44)46-34-37(41)33-40)35-45-32-30-28-26-24-14-12-10-8-6-4-2/h17-18,37-38,40-41H,3-16,19-36H2,1-2H3,(H,43,44)/b18-17-. The van der Waals surface area contributed by atoms with Crippen LogP contribution in [0.4, 0.5) is 0 Å².